The Kier molecular flexibility index (Phi) is 4.22. The van der Waals surface area contributed by atoms with Gasteiger partial charge in [-0.3, -0.25) is 9.69 Å². The van der Waals surface area contributed by atoms with E-state index in [0.29, 0.717) is 13.1 Å². The van der Waals surface area contributed by atoms with Gasteiger partial charge in [0.25, 0.3) is 0 Å². The highest BCUT2D eigenvalue weighted by atomic mass is 16.6. The fraction of sp³-hybridized carbons (Fsp3) is 0.857. The molecule has 1 saturated heterocycles. The Hall–Kier alpha value is -1.30. The number of piperazine rings is 1. The Morgan fingerprint density at radius 2 is 1.70 bits per heavy atom. The first-order valence-corrected chi connectivity index (χ1v) is 7.23. The van der Waals surface area contributed by atoms with Gasteiger partial charge in [-0.05, 0) is 33.6 Å². The van der Waals surface area contributed by atoms with Crippen LogP contribution in [0.5, 0.6) is 0 Å². The summed E-state index contributed by atoms with van der Waals surface area (Å²) in [4.78, 5) is 26.9. The molecule has 6 nitrogen and oxygen atoms in total. The minimum absolute atomic E-state index is 0.147. The number of carboxylic acids is 1. The van der Waals surface area contributed by atoms with Crippen LogP contribution in [0.25, 0.3) is 0 Å². The lowest BCUT2D eigenvalue weighted by molar-refractivity contribution is -0.149. The number of carbonyl (C=O) groups excluding carboxylic acids is 1. The molecule has 0 aromatic carbocycles. The highest BCUT2D eigenvalue weighted by molar-refractivity contribution is 5.72. The summed E-state index contributed by atoms with van der Waals surface area (Å²) in [6, 6.07) is 0.147. The lowest BCUT2D eigenvalue weighted by Gasteiger charge is -2.46. The molecule has 2 unspecified atom stereocenters. The first kappa shape index (κ1) is 15.1. The largest absolute Gasteiger partial charge is 0.481 e. The summed E-state index contributed by atoms with van der Waals surface area (Å²) in [5, 5.41) is 9.09. The Balaban J connectivity index is 1.81. The molecule has 0 spiro atoms. The van der Waals surface area contributed by atoms with Gasteiger partial charge in [-0.1, -0.05) is 0 Å². The fourth-order valence-electron chi connectivity index (χ4n) is 2.77. The van der Waals surface area contributed by atoms with Crippen molar-refractivity contribution in [3.8, 4) is 0 Å². The zero-order valence-electron chi connectivity index (χ0n) is 12.5. The summed E-state index contributed by atoms with van der Waals surface area (Å²) in [6.07, 6.45) is 1.44. The summed E-state index contributed by atoms with van der Waals surface area (Å²) in [5.74, 6) is -0.932. The normalized spacial score (nSPS) is 27.9. The molecule has 0 aromatic heterocycles. The molecule has 1 amide bonds. The molecule has 0 bridgehead atoms. The molecule has 2 fully saturated rings. The molecule has 1 aliphatic heterocycles. The molecule has 1 aliphatic carbocycles. The standard InChI is InChI=1S/C14H24N2O4/c1-14(2,3)20-13(19)16-8-6-15(7-9-16)11-5-4-10(11)12(17)18/h10-11H,4-9H2,1-3H3,(H,17,18). The molecule has 2 atom stereocenters. The average molecular weight is 284 g/mol. The minimum Gasteiger partial charge on any atom is -0.481 e. The van der Waals surface area contributed by atoms with E-state index in [-0.39, 0.29) is 18.1 Å². The van der Waals surface area contributed by atoms with Crippen LogP contribution in [0.3, 0.4) is 0 Å². The third kappa shape index (κ3) is 3.42. The Morgan fingerprint density at radius 3 is 2.10 bits per heavy atom. The summed E-state index contributed by atoms with van der Waals surface area (Å²) in [5.41, 5.74) is -0.476. The molecule has 0 aromatic rings. The number of ether oxygens (including phenoxy) is 1. The van der Waals surface area contributed by atoms with Gasteiger partial charge in [-0.25, -0.2) is 4.79 Å². The molecule has 1 N–H and O–H groups in total. The minimum atomic E-state index is -0.698. The van der Waals surface area contributed by atoms with Crippen LogP contribution in [0.1, 0.15) is 33.6 Å². The van der Waals surface area contributed by atoms with Gasteiger partial charge >= 0.3 is 12.1 Å². The summed E-state index contributed by atoms with van der Waals surface area (Å²) in [6.45, 7) is 8.24. The average Bonchev–Trinajstić information content (AvgIpc) is 2.25. The highest BCUT2D eigenvalue weighted by Crippen LogP contribution is 2.33. The number of carbonyl (C=O) groups is 2. The van der Waals surface area contributed by atoms with Crippen molar-refractivity contribution in [2.24, 2.45) is 5.92 Å². The van der Waals surface area contributed by atoms with E-state index in [1.807, 2.05) is 20.8 Å². The van der Waals surface area contributed by atoms with Crippen molar-refractivity contribution in [2.75, 3.05) is 26.2 Å². The Morgan fingerprint density at radius 1 is 1.10 bits per heavy atom. The van der Waals surface area contributed by atoms with E-state index in [2.05, 4.69) is 4.90 Å². The lowest BCUT2D eigenvalue weighted by atomic mass is 9.78. The molecular weight excluding hydrogens is 260 g/mol. The smallest absolute Gasteiger partial charge is 0.410 e. The molecule has 1 heterocycles. The predicted octanol–water partition coefficient (Wildman–Crippen LogP) is 1.40. The molecule has 20 heavy (non-hydrogen) atoms. The molecular formula is C14H24N2O4. The van der Waals surface area contributed by atoms with Crippen LogP contribution in [0.15, 0.2) is 0 Å². The fourth-order valence-corrected chi connectivity index (χ4v) is 2.77. The maximum atomic E-state index is 11.9. The van der Waals surface area contributed by atoms with Crippen LogP contribution in [-0.4, -0.2) is 64.8 Å². The monoisotopic (exact) mass is 284 g/mol. The van der Waals surface area contributed by atoms with Gasteiger partial charge in [0.1, 0.15) is 5.60 Å². The number of hydrogen-bond donors (Lipinski definition) is 1. The van der Waals surface area contributed by atoms with Crippen molar-refractivity contribution in [3.05, 3.63) is 0 Å². The lowest BCUT2D eigenvalue weighted by Crippen LogP contribution is -2.58. The third-order valence-corrected chi connectivity index (χ3v) is 3.99. The highest BCUT2D eigenvalue weighted by Gasteiger charge is 2.41. The Bertz CT molecular complexity index is 383. The molecule has 2 aliphatic rings. The number of rotatable bonds is 2. The van der Waals surface area contributed by atoms with Crippen LogP contribution >= 0.6 is 0 Å². The van der Waals surface area contributed by atoms with Gasteiger partial charge in [-0.15, -0.1) is 0 Å². The number of amides is 1. The molecule has 6 heteroatoms. The van der Waals surface area contributed by atoms with Crippen LogP contribution in [0, 0.1) is 5.92 Å². The SMILES string of the molecule is CC(C)(C)OC(=O)N1CCN(C2CCC2C(=O)O)CC1. The van der Waals surface area contributed by atoms with Gasteiger partial charge < -0.3 is 14.7 Å². The second-order valence-electron chi connectivity index (χ2n) is 6.59. The first-order chi connectivity index (χ1) is 9.28. The van der Waals surface area contributed by atoms with E-state index in [4.69, 9.17) is 9.84 Å². The molecule has 2 rings (SSSR count). The van der Waals surface area contributed by atoms with Crippen LogP contribution in [0.2, 0.25) is 0 Å². The third-order valence-electron chi connectivity index (χ3n) is 3.99. The first-order valence-electron chi connectivity index (χ1n) is 7.23. The number of aliphatic carboxylic acids is 1. The summed E-state index contributed by atoms with van der Waals surface area (Å²) < 4.78 is 5.35. The second-order valence-corrected chi connectivity index (χ2v) is 6.59. The van der Waals surface area contributed by atoms with E-state index in [1.165, 1.54) is 0 Å². The van der Waals surface area contributed by atoms with E-state index in [1.54, 1.807) is 4.90 Å². The zero-order chi connectivity index (χ0) is 14.9. The molecule has 0 radical (unpaired) electrons. The van der Waals surface area contributed by atoms with Crippen molar-refractivity contribution in [2.45, 2.75) is 45.3 Å². The van der Waals surface area contributed by atoms with Gasteiger partial charge in [0.05, 0.1) is 5.92 Å². The maximum Gasteiger partial charge on any atom is 0.410 e. The van der Waals surface area contributed by atoms with Gasteiger partial charge in [0.2, 0.25) is 0 Å². The van der Waals surface area contributed by atoms with Crippen LogP contribution < -0.4 is 0 Å². The summed E-state index contributed by atoms with van der Waals surface area (Å²) in [7, 11) is 0. The van der Waals surface area contributed by atoms with Crippen molar-refractivity contribution in [1.82, 2.24) is 9.80 Å². The molecule has 114 valence electrons. The van der Waals surface area contributed by atoms with Crippen molar-refractivity contribution in [1.29, 1.82) is 0 Å². The van der Waals surface area contributed by atoms with Gasteiger partial charge in [0.15, 0.2) is 0 Å². The second kappa shape index (κ2) is 5.60. The number of nitrogens with zero attached hydrogens (tertiary/aromatic N) is 2. The van der Waals surface area contributed by atoms with E-state index >= 15 is 0 Å². The topological polar surface area (TPSA) is 70.1 Å². The van der Waals surface area contributed by atoms with E-state index < -0.39 is 11.6 Å². The van der Waals surface area contributed by atoms with E-state index in [9.17, 15) is 9.59 Å². The van der Waals surface area contributed by atoms with Crippen molar-refractivity contribution in [3.63, 3.8) is 0 Å². The van der Waals surface area contributed by atoms with Gasteiger partial charge in [-0.2, -0.15) is 0 Å². The van der Waals surface area contributed by atoms with E-state index in [0.717, 1.165) is 25.9 Å². The van der Waals surface area contributed by atoms with Crippen LogP contribution in [-0.2, 0) is 9.53 Å². The number of carboxylic acid groups (broad SMARTS) is 1. The predicted molar refractivity (Wildman–Crippen MR) is 73.5 cm³/mol. The Labute approximate surface area is 119 Å². The van der Waals surface area contributed by atoms with Gasteiger partial charge in [0, 0.05) is 32.2 Å². The van der Waals surface area contributed by atoms with Crippen LogP contribution in [0.4, 0.5) is 4.79 Å². The van der Waals surface area contributed by atoms with Crippen molar-refractivity contribution >= 4 is 12.1 Å². The molecule has 1 saturated carbocycles. The number of hydrogen-bond acceptors (Lipinski definition) is 4. The van der Waals surface area contributed by atoms with Crippen molar-refractivity contribution < 1.29 is 19.4 Å². The summed E-state index contributed by atoms with van der Waals surface area (Å²) >= 11 is 0. The quantitative estimate of drug-likeness (QED) is 0.830. The zero-order valence-corrected chi connectivity index (χ0v) is 12.5. The maximum absolute atomic E-state index is 11.9.